The fourth-order valence-electron chi connectivity index (χ4n) is 1.91. The minimum atomic E-state index is -0.439. The first-order valence-electron chi connectivity index (χ1n) is 5.97. The Morgan fingerprint density at radius 3 is 2.60 bits per heavy atom. The molecular weight excluding hydrogens is 302 g/mol. The maximum absolute atomic E-state index is 11.9. The van der Waals surface area contributed by atoms with Gasteiger partial charge in [-0.3, -0.25) is 14.9 Å². The second kappa shape index (κ2) is 7.47. The van der Waals surface area contributed by atoms with Gasteiger partial charge >= 0.3 is 0 Å². The Morgan fingerprint density at radius 1 is 1.45 bits per heavy atom. The molecule has 0 aromatic heterocycles. The van der Waals surface area contributed by atoms with Crippen molar-refractivity contribution in [2.45, 2.75) is 17.4 Å². The van der Waals surface area contributed by atoms with Crippen molar-refractivity contribution in [2.75, 3.05) is 18.8 Å². The van der Waals surface area contributed by atoms with Gasteiger partial charge in [0, 0.05) is 36.2 Å². The molecular formula is C12H16ClN3O3S. The largest absolute Gasteiger partial charge is 0.340 e. The number of likely N-dealkylation sites (tertiary alicyclic amines) is 1. The number of halogens is 1. The van der Waals surface area contributed by atoms with Gasteiger partial charge in [0.2, 0.25) is 5.91 Å². The van der Waals surface area contributed by atoms with Crippen molar-refractivity contribution in [1.29, 1.82) is 0 Å². The average molecular weight is 318 g/mol. The summed E-state index contributed by atoms with van der Waals surface area (Å²) in [6.07, 6.45) is 0.855. The van der Waals surface area contributed by atoms with Crippen LogP contribution in [-0.4, -0.2) is 40.6 Å². The Hall–Kier alpha value is -1.31. The number of carbonyl (C=O) groups excluding carboxylic acids is 1. The number of non-ortho nitro benzene ring substituents is 1. The Balaban J connectivity index is 0.00000200. The molecule has 0 bridgehead atoms. The lowest BCUT2D eigenvalue weighted by molar-refractivity contribution is -0.384. The molecule has 1 aliphatic rings. The van der Waals surface area contributed by atoms with Crippen LogP contribution in [0.25, 0.3) is 0 Å². The van der Waals surface area contributed by atoms with Crippen LogP contribution in [0.1, 0.15) is 6.42 Å². The summed E-state index contributed by atoms with van der Waals surface area (Å²) >= 11 is 1.38. The quantitative estimate of drug-likeness (QED) is 0.518. The van der Waals surface area contributed by atoms with Crippen LogP contribution in [0.5, 0.6) is 0 Å². The Kier molecular flexibility index (Phi) is 6.25. The van der Waals surface area contributed by atoms with Crippen LogP contribution in [0.15, 0.2) is 29.2 Å². The molecule has 1 aromatic rings. The number of hydrogen-bond donors (Lipinski definition) is 1. The van der Waals surface area contributed by atoms with E-state index in [0.717, 1.165) is 17.9 Å². The average Bonchev–Trinajstić information content (AvgIpc) is 2.83. The lowest BCUT2D eigenvalue weighted by atomic mass is 10.3. The fraction of sp³-hybridized carbons (Fsp3) is 0.417. The minimum Gasteiger partial charge on any atom is -0.340 e. The monoisotopic (exact) mass is 317 g/mol. The highest BCUT2D eigenvalue weighted by atomic mass is 35.5. The van der Waals surface area contributed by atoms with Gasteiger partial charge in [0.05, 0.1) is 10.7 Å². The molecule has 1 heterocycles. The first-order valence-corrected chi connectivity index (χ1v) is 6.95. The number of nitro benzene ring substituents is 1. The van der Waals surface area contributed by atoms with E-state index in [4.69, 9.17) is 5.73 Å². The molecule has 0 aliphatic carbocycles. The molecule has 1 aliphatic heterocycles. The highest BCUT2D eigenvalue weighted by molar-refractivity contribution is 8.00. The standard InChI is InChI=1S/C12H15N3O3S.ClH/c13-9-5-6-14(7-9)12(16)8-19-11-3-1-10(2-4-11)15(17)18;/h1-4,9H,5-8,13H2;1H/t9-;/m1./s1. The van der Waals surface area contributed by atoms with E-state index in [2.05, 4.69) is 0 Å². The summed E-state index contributed by atoms with van der Waals surface area (Å²) in [7, 11) is 0. The third-order valence-corrected chi connectivity index (χ3v) is 3.98. The highest BCUT2D eigenvalue weighted by Gasteiger charge is 2.23. The molecule has 0 saturated carbocycles. The summed E-state index contributed by atoms with van der Waals surface area (Å²) in [6.45, 7) is 1.35. The SMILES string of the molecule is Cl.N[C@@H]1CCN(C(=O)CSc2ccc([N+](=O)[O-])cc2)C1. The van der Waals surface area contributed by atoms with Crippen molar-refractivity contribution in [3.05, 3.63) is 34.4 Å². The van der Waals surface area contributed by atoms with Crippen LogP contribution in [0.3, 0.4) is 0 Å². The molecule has 1 atom stereocenters. The number of nitrogens with zero attached hydrogens (tertiary/aromatic N) is 2. The van der Waals surface area contributed by atoms with E-state index >= 15 is 0 Å². The molecule has 1 aromatic carbocycles. The molecule has 0 radical (unpaired) electrons. The van der Waals surface area contributed by atoms with Crippen molar-refractivity contribution < 1.29 is 9.72 Å². The number of rotatable bonds is 4. The molecule has 0 unspecified atom stereocenters. The molecule has 110 valence electrons. The van der Waals surface area contributed by atoms with E-state index in [9.17, 15) is 14.9 Å². The number of nitro groups is 1. The van der Waals surface area contributed by atoms with Gasteiger partial charge in [0.25, 0.3) is 5.69 Å². The van der Waals surface area contributed by atoms with Crippen LogP contribution in [0.2, 0.25) is 0 Å². The second-order valence-corrected chi connectivity index (χ2v) is 5.48. The van der Waals surface area contributed by atoms with Crippen molar-refractivity contribution in [2.24, 2.45) is 5.73 Å². The van der Waals surface area contributed by atoms with Gasteiger partial charge in [-0.2, -0.15) is 0 Å². The number of hydrogen-bond acceptors (Lipinski definition) is 5. The molecule has 1 amide bonds. The topological polar surface area (TPSA) is 89.5 Å². The number of amides is 1. The summed E-state index contributed by atoms with van der Waals surface area (Å²) in [6, 6.07) is 6.29. The highest BCUT2D eigenvalue weighted by Crippen LogP contribution is 2.22. The minimum absolute atomic E-state index is 0. The summed E-state index contributed by atoms with van der Waals surface area (Å²) < 4.78 is 0. The van der Waals surface area contributed by atoms with Gasteiger partial charge in [-0.1, -0.05) is 0 Å². The van der Waals surface area contributed by atoms with E-state index in [0.29, 0.717) is 12.3 Å². The normalized spacial score (nSPS) is 17.6. The molecule has 0 spiro atoms. The van der Waals surface area contributed by atoms with Crippen LogP contribution in [0.4, 0.5) is 5.69 Å². The summed E-state index contributed by atoms with van der Waals surface area (Å²) in [5.41, 5.74) is 5.81. The summed E-state index contributed by atoms with van der Waals surface area (Å²) in [5, 5.41) is 10.5. The zero-order valence-corrected chi connectivity index (χ0v) is 12.4. The molecule has 6 nitrogen and oxygen atoms in total. The van der Waals surface area contributed by atoms with E-state index < -0.39 is 4.92 Å². The predicted octanol–water partition coefficient (Wildman–Crippen LogP) is 1.67. The number of carbonyl (C=O) groups is 1. The maximum atomic E-state index is 11.9. The van der Waals surface area contributed by atoms with E-state index in [1.165, 1.54) is 23.9 Å². The van der Waals surface area contributed by atoms with Gasteiger partial charge in [0.1, 0.15) is 0 Å². The van der Waals surface area contributed by atoms with Crippen molar-refractivity contribution in [1.82, 2.24) is 4.90 Å². The smallest absolute Gasteiger partial charge is 0.269 e. The van der Waals surface area contributed by atoms with Crippen molar-refractivity contribution >= 4 is 35.8 Å². The molecule has 1 saturated heterocycles. The molecule has 2 N–H and O–H groups in total. The number of benzene rings is 1. The predicted molar refractivity (Wildman–Crippen MR) is 80.2 cm³/mol. The first-order chi connectivity index (χ1) is 9.06. The number of nitrogens with two attached hydrogens (primary N) is 1. The zero-order chi connectivity index (χ0) is 13.8. The van der Waals surface area contributed by atoms with Gasteiger partial charge in [-0.25, -0.2) is 0 Å². The Bertz CT molecular complexity index is 483. The lowest BCUT2D eigenvalue weighted by Crippen LogP contribution is -2.33. The second-order valence-electron chi connectivity index (χ2n) is 4.43. The summed E-state index contributed by atoms with van der Waals surface area (Å²) in [4.78, 5) is 24.6. The molecule has 2 rings (SSSR count). The van der Waals surface area contributed by atoms with Crippen LogP contribution in [-0.2, 0) is 4.79 Å². The Labute approximate surface area is 127 Å². The summed E-state index contributed by atoms with van der Waals surface area (Å²) in [5.74, 6) is 0.404. The van der Waals surface area contributed by atoms with Crippen molar-refractivity contribution in [3.63, 3.8) is 0 Å². The fourth-order valence-corrected chi connectivity index (χ4v) is 2.72. The zero-order valence-electron chi connectivity index (χ0n) is 10.7. The maximum Gasteiger partial charge on any atom is 0.269 e. The molecule has 1 fully saturated rings. The van der Waals surface area contributed by atoms with E-state index in [-0.39, 0.29) is 30.0 Å². The molecule has 20 heavy (non-hydrogen) atoms. The third kappa shape index (κ3) is 4.36. The van der Waals surface area contributed by atoms with Crippen molar-refractivity contribution in [3.8, 4) is 0 Å². The van der Waals surface area contributed by atoms with Gasteiger partial charge in [0.15, 0.2) is 0 Å². The van der Waals surface area contributed by atoms with Gasteiger partial charge in [-0.05, 0) is 18.6 Å². The molecule has 8 heteroatoms. The van der Waals surface area contributed by atoms with E-state index in [1.807, 2.05) is 0 Å². The van der Waals surface area contributed by atoms with Crippen LogP contribution >= 0.6 is 24.2 Å². The van der Waals surface area contributed by atoms with E-state index in [1.54, 1.807) is 17.0 Å². The third-order valence-electron chi connectivity index (χ3n) is 2.99. The lowest BCUT2D eigenvalue weighted by Gasteiger charge is -2.15. The number of thioether (sulfide) groups is 1. The first kappa shape index (κ1) is 16.7. The van der Waals surface area contributed by atoms with Crippen LogP contribution < -0.4 is 5.73 Å². The van der Waals surface area contributed by atoms with Gasteiger partial charge < -0.3 is 10.6 Å². The Morgan fingerprint density at radius 2 is 2.10 bits per heavy atom. The van der Waals surface area contributed by atoms with Gasteiger partial charge in [-0.15, -0.1) is 24.2 Å². The van der Waals surface area contributed by atoms with Crippen LogP contribution in [0, 0.1) is 10.1 Å².